The smallest absolute Gasteiger partial charge is 0.138 e. The number of nitrogens with one attached hydrogen (secondary N) is 1. The summed E-state index contributed by atoms with van der Waals surface area (Å²) in [6.07, 6.45) is 4.45. The van der Waals surface area contributed by atoms with E-state index in [9.17, 15) is 0 Å². The Morgan fingerprint density at radius 1 is 1.29 bits per heavy atom. The third kappa shape index (κ3) is 4.70. The molecule has 0 saturated heterocycles. The summed E-state index contributed by atoms with van der Waals surface area (Å²) < 4.78 is 6.91. The van der Waals surface area contributed by atoms with Crippen LogP contribution in [0.15, 0.2) is 41.1 Å². The lowest BCUT2D eigenvalue weighted by Crippen LogP contribution is -2.14. The number of ether oxygens (including phenoxy) is 1. The van der Waals surface area contributed by atoms with E-state index < -0.39 is 0 Å². The summed E-state index contributed by atoms with van der Waals surface area (Å²) in [7, 11) is 0. The molecular weight excluding hydrogens is 352 g/mol. The Morgan fingerprint density at radius 2 is 2.14 bits per heavy atom. The number of para-hydroxylation sites is 1. The summed E-state index contributed by atoms with van der Waals surface area (Å²) in [5, 5.41) is 4.01. The summed E-state index contributed by atoms with van der Waals surface area (Å²) >= 11 is 9.66. The summed E-state index contributed by atoms with van der Waals surface area (Å²) in [4.78, 5) is 3.98. The molecule has 3 nitrogen and oxygen atoms in total. The number of aromatic nitrogens is 1. The lowest BCUT2D eigenvalue weighted by atomic mass is 10.2. The maximum absolute atomic E-state index is 6.11. The van der Waals surface area contributed by atoms with Gasteiger partial charge in [-0.3, -0.25) is 4.98 Å². The van der Waals surface area contributed by atoms with Crippen molar-refractivity contribution in [1.82, 2.24) is 10.3 Å². The number of nitrogens with zero attached hydrogens (tertiary/aromatic N) is 1. The van der Waals surface area contributed by atoms with Crippen molar-refractivity contribution in [3.8, 4) is 5.75 Å². The molecule has 0 atom stereocenters. The van der Waals surface area contributed by atoms with Crippen LogP contribution in [0.5, 0.6) is 5.75 Å². The Kier molecular flexibility index (Phi) is 6.49. The molecule has 1 aromatic heterocycles. The zero-order valence-corrected chi connectivity index (χ0v) is 14.2. The topological polar surface area (TPSA) is 34.1 Å². The van der Waals surface area contributed by atoms with Crippen molar-refractivity contribution in [2.45, 2.75) is 26.5 Å². The van der Waals surface area contributed by atoms with Gasteiger partial charge in [0.2, 0.25) is 0 Å². The van der Waals surface area contributed by atoms with Crippen LogP contribution in [-0.4, -0.2) is 11.5 Å². The fourth-order valence-corrected chi connectivity index (χ4v) is 2.62. The average Bonchev–Trinajstić information content (AvgIpc) is 2.48. The van der Waals surface area contributed by atoms with Crippen molar-refractivity contribution in [3.05, 3.63) is 57.3 Å². The van der Waals surface area contributed by atoms with E-state index in [1.54, 1.807) is 12.4 Å². The molecule has 0 saturated carbocycles. The lowest BCUT2D eigenvalue weighted by Gasteiger charge is -2.14. The first-order valence-electron chi connectivity index (χ1n) is 6.91. The minimum absolute atomic E-state index is 0.421. The van der Waals surface area contributed by atoms with Gasteiger partial charge in [0.15, 0.2) is 0 Å². The highest BCUT2D eigenvalue weighted by Crippen LogP contribution is 2.30. The number of rotatable bonds is 7. The van der Waals surface area contributed by atoms with Crippen LogP contribution < -0.4 is 10.1 Å². The summed E-state index contributed by atoms with van der Waals surface area (Å²) in [6, 6.07) is 7.93. The third-order valence-corrected chi connectivity index (χ3v) is 3.98. The van der Waals surface area contributed by atoms with Crippen LogP contribution in [-0.2, 0) is 13.2 Å². The highest BCUT2D eigenvalue weighted by atomic mass is 79.9. The molecule has 0 spiro atoms. The monoisotopic (exact) mass is 368 g/mol. The fourth-order valence-electron chi connectivity index (χ4n) is 1.93. The number of pyridine rings is 1. The van der Waals surface area contributed by atoms with Gasteiger partial charge in [-0.05, 0) is 41.0 Å². The van der Waals surface area contributed by atoms with Crippen molar-refractivity contribution >= 4 is 27.5 Å². The molecule has 0 aliphatic heterocycles. The van der Waals surface area contributed by atoms with Gasteiger partial charge in [0.05, 0.1) is 9.50 Å². The number of halogens is 2. The van der Waals surface area contributed by atoms with E-state index in [1.165, 1.54) is 0 Å². The van der Waals surface area contributed by atoms with Gasteiger partial charge >= 0.3 is 0 Å². The molecule has 2 aromatic rings. The maximum atomic E-state index is 6.11. The van der Waals surface area contributed by atoms with Gasteiger partial charge in [0.25, 0.3) is 0 Å². The number of hydrogen-bond donors (Lipinski definition) is 1. The SMILES string of the molecule is CCCNCc1cccc(Br)c1OCc1ccncc1Cl. The van der Waals surface area contributed by atoms with E-state index in [1.807, 2.05) is 18.2 Å². The first-order valence-corrected chi connectivity index (χ1v) is 8.08. The second-order valence-electron chi connectivity index (χ2n) is 4.66. The van der Waals surface area contributed by atoms with Crippen molar-refractivity contribution < 1.29 is 4.74 Å². The number of hydrogen-bond acceptors (Lipinski definition) is 3. The molecule has 0 radical (unpaired) electrons. The molecule has 0 bridgehead atoms. The molecule has 0 fully saturated rings. The van der Waals surface area contributed by atoms with E-state index in [-0.39, 0.29) is 0 Å². The normalized spacial score (nSPS) is 10.6. The molecule has 112 valence electrons. The van der Waals surface area contributed by atoms with Crippen molar-refractivity contribution in [1.29, 1.82) is 0 Å². The van der Waals surface area contributed by atoms with E-state index in [4.69, 9.17) is 16.3 Å². The second kappa shape index (κ2) is 8.37. The minimum atomic E-state index is 0.421. The van der Waals surface area contributed by atoms with Crippen molar-refractivity contribution in [3.63, 3.8) is 0 Å². The van der Waals surface area contributed by atoms with Crippen LogP contribution in [0, 0.1) is 0 Å². The summed E-state index contributed by atoms with van der Waals surface area (Å²) in [6.45, 7) is 4.34. The van der Waals surface area contributed by atoms with Crippen LogP contribution in [0.3, 0.4) is 0 Å². The maximum Gasteiger partial charge on any atom is 0.138 e. The molecule has 0 unspecified atom stereocenters. The minimum Gasteiger partial charge on any atom is -0.487 e. The summed E-state index contributed by atoms with van der Waals surface area (Å²) in [5.41, 5.74) is 2.05. The van der Waals surface area contributed by atoms with Crippen molar-refractivity contribution in [2.24, 2.45) is 0 Å². The largest absolute Gasteiger partial charge is 0.487 e. The third-order valence-electron chi connectivity index (χ3n) is 3.02. The van der Waals surface area contributed by atoms with Crippen LogP contribution in [0.25, 0.3) is 0 Å². The Bertz CT molecular complexity index is 592. The molecule has 2 rings (SSSR count). The summed E-state index contributed by atoms with van der Waals surface area (Å²) in [5.74, 6) is 0.856. The van der Waals surface area contributed by atoms with Crippen LogP contribution in [0.1, 0.15) is 24.5 Å². The zero-order valence-electron chi connectivity index (χ0n) is 11.9. The fraction of sp³-hybridized carbons (Fsp3) is 0.312. The average molecular weight is 370 g/mol. The van der Waals surface area contributed by atoms with Gasteiger partial charge in [-0.2, -0.15) is 0 Å². The highest BCUT2D eigenvalue weighted by Gasteiger charge is 2.09. The van der Waals surface area contributed by atoms with Crippen LogP contribution in [0.4, 0.5) is 0 Å². The standard InChI is InChI=1S/C16H18BrClN2O/c1-2-7-19-9-12-4-3-5-14(17)16(12)21-11-13-6-8-20-10-15(13)18/h3-6,8,10,19H,2,7,9,11H2,1H3. The second-order valence-corrected chi connectivity index (χ2v) is 5.92. The quantitative estimate of drug-likeness (QED) is 0.726. The first kappa shape index (κ1) is 16.3. The molecule has 0 amide bonds. The molecule has 21 heavy (non-hydrogen) atoms. The molecule has 1 N–H and O–H groups in total. The highest BCUT2D eigenvalue weighted by molar-refractivity contribution is 9.10. The van der Waals surface area contributed by atoms with Gasteiger partial charge in [0, 0.05) is 30.1 Å². The molecule has 1 aromatic carbocycles. The predicted octanol–water partition coefficient (Wildman–Crippen LogP) is 4.58. The van der Waals surface area contributed by atoms with Gasteiger partial charge < -0.3 is 10.1 Å². The number of benzene rings is 1. The van der Waals surface area contributed by atoms with Gasteiger partial charge in [-0.15, -0.1) is 0 Å². The molecule has 5 heteroatoms. The van der Waals surface area contributed by atoms with Crippen LogP contribution >= 0.6 is 27.5 Å². The van der Waals surface area contributed by atoms with Crippen molar-refractivity contribution in [2.75, 3.05) is 6.54 Å². The molecular formula is C16H18BrClN2O. The van der Waals surface area contributed by atoms with Gasteiger partial charge in [-0.25, -0.2) is 0 Å². The lowest BCUT2D eigenvalue weighted by molar-refractivity contribution is 0.300. The Hall–Kier alpha value is -1.10. The van der Waals surface area contributed by atoms with Gasteiger partial charge in [0.1, 0.15) is 12.4 Å². The zero-order chi connectivity index (χ0) is 15.1. The van der Waals surface area contributed by atoms with E-state index in [0.717, 1.165) is 40.9 Å². The Labute approximate surface area is 138 Å². The van der Waals surface area contributed by atoms with Crippen LogP contribution in [0.2, 0.25) is 5.02 Å². The first-order chi connectivity index (χ1) is 10.2. The molecule has 1 heterocycles. The molecule has 0 aliphatic rings. The van der Waals surface area contributed by atoms with E-state index in [2.05, 4.69) is 39.2 Å². The van der Waals surface area contributed by atoms with E-state index in [0.29, 0.717) is 11.6 Å². The Balaban J connectivity index is 2.09. The molecule has 0 aliphatic carbocycles. The van der Waals surface area contributed by atoms with E-state index >= 15 is 0 Å². The van der Waals surface area contributed by atoms with Gasteiger partial charge in [-0.1, -0.05) is 30.7 Å². The Morgan fingerprint density at radius 3 is 2.90 bits per heavy atom. The predicted molar refractivity (Wildman–Crippen MR) is 89.7 cm³/mol.